The fourth-order valence-corrected chi connectivity index (χ4v) is 2.28. The van der Waals surface area contributed by atoms with E-state index in [9.17, 15) is 0 Å². The first-order chi connectivity index (χ1) is 7.78. The summed E-state index contributed by atoms with van der Waals surface area (Å²) in [4.78, 5) is 0. The molecule has 0 aliphatic heterocycles. The molecule has 0 saturated heterocycles. The largest absolute Gasteiger partial charge is 0.310 e. The van der Waals surface area contributed by atoms with Gasteiger partial charge in [0.05, 0.1) is 0 Å². The van der Waals surface area contributed by atoms with E-state index in [2.05, 4.69) is 52.4 Å². The van der Waals surface area contributed by atoms with Crippen LogP contribution in [0.15, 0.2) is 28.7 Å². The smallest absolute Gasteiger partial charge is 0.0208 e. The van der Waals surface area contributed by atoms with Crippen LogP contribution < -0.4 is 5.32 Å². The van der Waals surface area contributed by atoms with Crippen LogP contribution >= 0.6 is 15.9 Å². The molecule has 1 unspecified atom stereocenters. The van der Waals surface area contributed by atoms with Gasteiger partial charge in [0.25, 0.3) is 0 Å². The fraction of sp³-hybridized carbons (Fsp3) is 0.571. The van der Waals surface area contributed by atoms with Gasteiger partial charge in [-0.15, -0.1) is 0 Å². The lowest BCUT2D eigenvalue weighted by Crippen LogP contribution is -2.28. The monoisotopic (exact) mass is 281 g/mol. The summed E-state index contributed by atoms with van der Waals surface area (Å²) < 4.78 is 1.15. The highest BCUT2D eigenvalue weighted by atomic mass is 79.9. The summed E-state index contributed by atoms with van der Waals surface area (Å²) in [7, 11) is 0. The highest BCUT2D eigenvalue weighted by Gasteiger charge is 2.24. The minimum Gasteiger partial charge on any atom is -0.310 e. The van der Waals surface area contributed by atoms with E-state index >= 15 is 0 Å². The second kappa shape index (κ2) is 5.83. The maximum Gasteiger partial charge on any atom is 0.0208 e. The van der Waals surface area contributed by atoms with Crippen LogP contribution in [0.2, 0.25) is 0 Å². The Morgan fingerprint density at radius 1 is 1.31 bits per heavy atom. The van der Waals surface area contributed by atoms with E-state index in [1.165, 1.54) is 31.2 Å². The van der Waals surface area contributed by atoms with Crippen molar-refractivity contribution in [3.05, 3.63) is 34.3 Å². The van der Waals surface area contributed by atoms with Crippen molar-refractivity contribution in [1.82, 2.24) is 5.32 Å². The van der Waals surface area contributed by atoms with Crippen LogP contribution in [0.1, 0.15) is 38.2 Å². The minimum atomic E-state index is 0.705. The van der Waals surface area contributed by atoms with Crippen LogP contribution in [0.3, 0.4) is 0 Å². The van der Waals surface area contributed by atoms with Crippen LogP contribution in [0.25, 0.3) is 0 Å². The molecule has 1 N–H and O–H groups in total. The second-order valence-corrected chi connectivity index (χ2v) is 5.71. The maximum atomic E-state index is 3.66. The molecule has 1 saturated carbocycles. The van der Waals surface area contributed by atoms with E-state index in [4.69, 9.17) is 0 Å². The Labute approximate surface area is 107 Å². The van der Waals surface area contributed by atoms with Crippen molar-refractivity contribution in [3.63, 3.8) is 0 Å². The average molecular weight is 282 g/mol. The van der Waals surface area contributed by atoms with Crippen molar-refractivity contribution in [2.24, 2.45) is 5.92 Å². The van der Waals surface area contributed by atoms with E-state index in [-0.39, 0.29) is 0 Å². The molecule has 0 heterocycles. The molecule has 0 radical (unpaired) electrons. The van der Waals surface area contributed by atoms with Crippen LogP contribution in [0, 0.1) is 5.92 Å². The molecular formula is C14H20BrN. The Balaban J connectivity index is 1.77. The van der Waals surface area contributed by atoms with Crippen molar-refractivity contribution >= 4 is 15.9 Å². The van der Waals surface area contributed by atoms with Crippen LogP contribution in [-0.4, -0.2) is 6.04 Å². The summed E-state index contributed by atoms with van der Waals surface area (Å²) in [5.41, 5.74) is 1.37. The Kier molecular flexibility index (Phi) is 4.42. The summed E-state index contributed by atoms with van der Waals surface area (Å²) in [6, 6.07) is 9.29. The lowest BCUT2D eigenvalue weighted by molar-refractivity contribution is 0.445. The second-order valence-electron chi connectivity index (χ2n) is 4.79. The average Bonchev–Trinajstić information content (AvgIpc) is 3.10. The van der Waals surface area contributed by atoms with Gasteiger partial charge in [-0.25, -0.2) is 0 Å². The first kappa shape index (κ1) is 12.1. The molecule has 1 aliphatic carbocycles. The SMILES string of the molecule is CCC(CC1CC1)NCc1ccc(Br)cc1. The van der Waals surface area contributed by atoms with Gasteiger partial charge in [-0.05, 0) is 36.5 Å². The Hall–Kier alpha value is -0.340. The third-order valence-corrected chi connectivity index (χ3v) is 3.84. The van der Waals surface area contributed by atoms with E-state index < -0.39 is 0 Å². The van der Waals surface area contributed by atoms with Crippen molar-refractivity contribution in [2.45, 2.75) is 45.2 Å². The predicted molar refractivity (Wildman–Crippen MR) is 72.4 cm³/mol. The van der Waals surface area contributed by atoms with Crippen molar-refractivity contribution < 1.29 is 0 Å². The first-order valence-corrected chi connectivity index (χ1v) is 7.05. The molecular weight excluding hydrogens is 262 g/mol. The molecule has 1 atom stereocenters. The summed E-state index contributed by atoms with van der Waals surface area (Å²) >= 11 is 3.46. The third kappa shape index (κ3) is 3.91. The van der Waals surface area contributed by atoms with Crippen LogP contribution in [0.4, 0.5) is 0 Å². The zero-order valence-corrected chi connectivity index (χ0v) is 11.5. The zero-order valence-electron chi connectivity index (χ0n) is 9.88. The summed E-state index contributed by atoms with van der Waals surface area (Å²) in [5.74, 6) is 1.02. The first-order valence-electron chi connectivity index (χ1n) is 6.25. The molecule has 1 nitrogen and oxygen atoms in total. The number of nitrogens with one attached hydrogen (secondary N) is 1. The van der Waals surface area contributed by atoms with E-state index in [1.54, 1.807) is 0 Å². The molecule has 1 aliphatic rings. The lowest BCUT2D eigenvalue weighted by atomic mass is 10.1. The van der Waals surface area contributed by atoms with Gasteiger partial charge >= 0.3 is 0 Å². The zero-order chi connectivity index (χ0) is 11.4. The Bertz CT molecular complexity index is 316. The van der Waals surface area contributed by atoms with Gasteiger partial charge in [-0.3, -0.25) is 0 Å². The molecule has 16 heavy (non-hydrogen) atoms. The van der Waals surface area contributed by atoms with Gasteiger partial charge in [-0.1, -0.05) is 47.8 Å². The molecule has 1 fully saturated rings. The van der Waals surface area contributed by atoms with Crippen molar-refractivity contribution in [1.29, 1.82) is 0 Å². The van der Waals surface area contributed by atoms with Crippen LogP contribution in [-0.2, 0) is 6.54 Å². The summed E-state index contributed by atoms with van der Waals surface area (Å²) in [5, 5.41) is 3.66. The van der Waals surface area contributed by atoms with E-state index in [0.717, 1.165) is 16.9 Å². The minimum absolute atomic E-state index is 0.705. The summed E-state index contributed by atoms with van der Waals surface area (Å²) in [6.07, 6.45) is 5.52. The maximum absolute atomic E-state index is 3.66. The molecule has 0 amide bonds. The number of hydrogen-bond acceptors (Lipinski definition) is 1. The predicted octanol–water partition coefficient (Wildman–Crippen LogP) is 4.12. The standard InChI is InChI=1S/C14H20BrN/c1-2-14(9-11-3-4-11)16-10-12-5-7-13(15)8-6-12/h5-8,11,14,16H,2-4,9-10H2,1H3. The highest BCUT2D eigenvalue weighted by molar-refractivity contribution is 9.10. The molecule has 88 valence electrons. The van der Waals surface area contributed by atoms with Crippen molar-refractivity contribution in [3.8, 4) is 0 Å². The van der Waals surface area contributed by atoms with Gasteiger partial charge in [-0.2, -0.15) is 0 Å². The topological polar surface area (TPSA) is 12.0 Å². The van der Waals surface area contributed by atoms with Gasteiger partial charge in [0.15, 0.2) is 0 Å². The van der Waals surface area contributed by atoms with Gasteiger partial charge < -0.3 is 5.32 Å². The van der Waals surface area contributed by atoms with Gasteiger partial charge in [0.1, 0.15) is 0 Å². The molecule has 2 heteroatoms. The number of rotatable bonds is 6. The lowest BCUT2D eigenvalue weighted by Gasteiger charge is -2.16. The highest BCUT2D eigenvalue weighted by Crippen LogP contribution is 2.34. The molecule has 0 aromatic heterocycles. The molecule has 1 aromatic carbocycles. The molecule has 0 spiro atoms. The number of hydrogen-bond donors (Lipinski definition) is 1. The van der Waals surface area contributed by atoms with E-state index in [1.807, 2.05) is 0 Å². The molecule has 0 bridgehead atoms. The number of halogens is 1. The fourth-order valence-electron chi connectivity index (χ4n) is 2.01. The Morgan fingerprint density at radius 2 is 2.00 bits per heavy atom. The van der Waals surface area contributed by atoms with E-state index in [0.29, 0.717) is 6.04 Å². The molecule has 2 rings (SSSR count). The van der Waals surface area contributed by atoms with Gasteiger partial charge in [0, 0.05) is 17.1 Å². The Morgan fingerprint density at radius 3 is 2.56 bits per heavy atom. The van der Waals surface area contributed by atoms with Crippen molar-refractivity contribution in [2.75, 3.05) is 0 Å². The number of benzene rings is 1. The molecule has 1 aromatic rings. The van der Waals surface area contributed by atoms with Crippen LogP contribution in [0.5, 0.6) is 0 Å². The van der Waals surface area contributed by atoms with Gasteiger partial charge in [0.2, 0.25) is 0 Å². The third-order valence-electron chi connectivity index (χ3n) is 3.32. The summed E-state index contributed by atoms with van der Waals surface area (Å²) in [6.45, 7) is 3.28. The normalized spacial score (nSPS) is 17.4. The quantitative estimate of drug-likeness (QED) is 0.827.